The van der Waals surface area contributed by atoms with Crippen molar-refractivity contribution in [3.05, 3.63) is 17.0 Å². The van der Waals surface area contributed by atoms with Gasteiger partial charge in [0.2, 0.25) is 0 Å². The summed E-state index contributed by atoms with van der Waals surface area (Å²) in [4.78, 5) is 0. The minimum Gasteiger partial charge on any atom is -0.394 e. The first-order chi connectivity index (χ1) is 7.91. The van der Waals surface area contributed by atoms with Crippen molar-refractivity contribution >= 4 is 0 Å². The molecule has 1 aromatic rings. The van der Waals surface area contributed by atoms with Gasteiger partial charge in [0.25, 0.3) is 0 Å². The number of aliphatic hydroxyl groups is 1. The van der Waals surface area contributed by atoms with Crippen LogP contribution in [0.4, 0.5) is 0 Å². The molecule has 17 heavy (non-hydrogen) atoms. The molecule has 0 radical (unpaired) electrons. The quantitative estimate of drug-likeness (QED) is 0.795. The maximum Gasteiger partial charge on any atom is 0.0644 e. The highest BCUT2D eigenvalue weighted by atomic mass is 16.3. The Hall–Kier alpha value is -0.870. The van der Waals surface area contributed by atoms with E-state index in [0.29, 0.717) is 6.54 Å². The zero-order valence-corrected chi connectivity index (χ0v) is 11.7. The molecule has 0 fully saturated rings. The van der Waals surface area contributed by atoms with Crippen LogP contribution in [0.25, 0.3) is 0 Å². The molecule has 0 spiro atoms. The summed E-state index contributed by atoms with van der Waals surface area (Å²) in [5.74, 6) is 0. The molecule has 0 aliphatic carbocycles. The first-order valence-corrected chi connectivity index (χ1v) is 6.30. The summed E-state index contributed by atoms with van der Waals surface area (Å²) in [7, 11) is 0. The molecular weight excluding hydrogens is 214 g/mol. The van der Waals surface area contributed by atoms with Gasteiger partial charge in [-0.3, -0.25) is 4.68 Å². The van der Waals surface area contributed by atoms with Crippen LogP contribution in [0.2, 0.25) is 0 Å². The van der Waals surface area contributed by atoms with Gasteiger partial charge in [0.05, 0.1) is 18.8 Å². The average molecular weight is 239 g/mol. The lowest BCUT2D eigenvalue weighted by Gasteiger charge is -2.24. The Morgan fingerprint density at radius 3 is 2.53 bits per heavy atom. The molecule has 0 aromatic carbocycles. The smallest absolute Gasteiger partial charge is 0.0644 e. The highest BCUT2D eigenvalue weighted by Gasteiger charge is 2.17. The van der Waals surface area contributed by atoms with E-state index in [4.69, 9.17) is 5.11 Å². The maximum absolute atomic E-state index is 8.97. The van der Waals surface area contributed by atoms with Crippen molar-refractivity contribution in [2.24, 2.45) is 0 Å². The Bertz CT molecular complexity index is 369. The van der Waals surface area contributed by atoms with Gasteiger partial charge in [0.1, 0.15) is 0 Å². The summed E-state index contributed by atoms with van der Waals surface area (Å²) in [6.45, 7) is 12.2. The van der Waals surface area contributed by atoms with Crippen LogP contribution < -0.4 is 5.32 Å². The van der Waals surface area contributed by atoms with Gasteiger partial charge in [-0.15, -0.1) is 0 Å². The van der Waals surface area contributed by atoms with Crippen LogP contribution in [0.1, 0.15) is 44.1 Å². The van der Waals surface area contributed by atoms with E-state index >= 15 is 0 Å². The second-order valence-corrected chi connectivity index (χ2v) is 5.19. The predicted octanol–water partition coefficient (Wildman–Crippen LogP) is 1.77. The standard InChI is InChI=1S/C13H25N3O/c1-6-13(4,5)14-9-12-10(2)15-16(7-8-17)11(12)3/h14,17H,6-9H2,1-5H3. The third-order valence-electron chi connectivity index (χ3n) is 3.47. The third-order valence-corrected chi connectivity index (χ3v) is 3.47. The van der Waals surface area contributed by atoms with Crippen LogP contribution in [-0.4, -0.2) is 27.0 Å². The van der Waals surface area contributed by atoms with E-state index in [2.05, 4.69) is 38.1 Å². The summed E-state index contributed by atoms with van der Waals surface area (Å²) in [6.07, 6.45) is 1.09. The largest absolute Gasteiger partial charge is 0.394 e. The fourth-order valence-electron chi connectivity index (χ4n) is 1.75. The molecule has 1 aromatic heterocycles. The molecule has 0 saturated carbocycles. The van der Waals surface area contributed by atoms with Crippen LogP contribution >= 0.6 is 0 Å². The molecule has 0 saturated heterocycles. The van der Waals surface area contributed by atoms with Crippen LogP contribution in [0.3, 0.4) is 0 Å². The second-order valence-electron chi connectivity index (χ2n) is 5.19. The van der Waals surface area contributed by atoms with Gasteiger partial charge in [-0.05, 0) is 34.1 Å². The van der Waals surface area contributed by atoms with E-state index in [-0.39, 0.29) is 12.1 Å². The van der Waals surface area contributed by atoms with Crippen molar-refractivity contribution in [2.75, 3.05) is 6.61 Å². The van der Waals surface area contributed by atoms with Gasteiger partial charge in [-0.25, -0.2) is 0 Å². The number of rotatable bonds is 6. The van der Waals surface area contributed by atoms with Crippen molar-refractivity contribution in [1.29, 1.82) is 0 Å². The van der Waals surface area contributed by atoms with E-state index in [1.165, 1.54) is 5.56 Å². The normalized spacial score (nSPS) is 12.1. The highest BCUT2D eigenvalue weighted by molar-refractivity contribution is 5.24. The lowest BCUT2D eigenvalue weighted by molar-refractivity contribution is 0.267. The molecule has 0 atom stereocenters. The van der Waals surface area contributed by atoms with Crippen molar-refractivity contribution < 1.29 is 5.11 Å². The monoisotopic (exact) mass is 239 g/mol. The molecule has 98 valence electrons. The summed E-state index contributed by atoms with van der Waals surface area (Å²) >= 11 is 0. The molecule has 1 rings (SSSR count). The number of nitrogens with zero attached hydrogens (tertiary/aromatic N) is 2. The molecule has 4 nitrogen and oxygen atoms in total. The molecule has 0 unspecified atom stereocenters. The molecular formula is C13H25N3O. The van der Waals surface area contributed by atoms with Crippen LogP contribution in [0.5, 0.6) is 0 Å². The van der Waals surface area contributed by atoms with E-state index in [0.717, 1.165) is 24.4 Å². The van der Waals surface area contributed by atoms with Crippen LogP contribution in [0.15, 0.2) is 0 Å². The highest BCUT2D eigenvalue weighted by Crippen LogP contribution is 2.15. The zero-order chi connectivity index (χ0) is 13.1. The van der Waals surface area contributed by atoms with Gasteiger partial charge in [-0.1, -0.05) is 6.92 Å². The van der Waals surface area contributed by atoms with Crippen molar-refractivity contribution in [3.63, 3.8) is 0 Å². The number of aliphatic hydroxyl groups excluding tert-OH is 1. The Morgan fingerprint density at radius 2 is 2.00 bits per heavy atom. The predicted molar refractivity (Wildman–Crippen MR) is 70.0 cm³/mol. The Balaban J connectivity index is 2.77. The van der Waals surface area contributed by atoms with E-state index in [1.807, 2.05) is 11.6 Å². The Morgan fingerprint density at radius 1 is 1.35 bits per heavy atom. The minimum absolute atomic E-state index is 0.134. The van der Waals surface area contributed by atoms with Crippen LogP contribution in [-0.2, 0) is 13.1 Å². The summed E-state index contributed by atoms with van der Waals surface area (Å²) in [6, 6.07) is 0. The van der Waals surface area contributed by atoms with Gasteiger partial charge >= 0.3 is 0 Å². The lowest BCUT2D eigenvalue weighted by atomic mass is 10.0. The first kappa shape index (κ1) is 14.2. The summed E-state index contributed by atoms with van der Waals surface area (Å²) in [5, 5.41) is 17.0. The average Bonchev–Trinajstić information content (AvgIpc) is 2.53. The fraction of sp³-hybridized carbons (Fsp3) is 0.769. The molecule has 0 amide bonds. The second kappa shape index (κ2) is 5.65. The van der Waals surface area contributed by atoms with E-state index in [9.17, 15) is 0 Å². The SMILES string of the molecule is CCC(C)(C)NCc1c(C)nn(CCO)c1C. The first-order valence-electron chi connectivity index (χ1n) is 6.30. The molecule has 0 aliphatic rings. The van der Waals surface area contributed by atoms with Crippen molar-refractivity contribution in [1.82, 2.24) is 15.1 Å². The Labute approximate surface area is 104 Å². The molecule has 1 heterocycles. The fourth-order valence-corrected chi connectivity index (χ4v) is 1.75. The molecule has 4 heteroatoms. The summed E-state index contributed by atoms with van der Waals surface area (Å²) < 4.78 is 1.88. The number of hydrogen-bond donors (Lipinski definition) is 2. The van der Waals surface area contributed by atoms with Crippen LogP contribution in [0, 0.1) is 13.8 Å². The van der Waals surface area contributed by atoms with E-state index in [1.54, 1.807) is 0 Å². The number of hydrogen-bond acceptors (Lipinski definition) is 3. The number of aromatic nitrogens is 2. The Kier molecular flexibility index (Phi) is 4.71. The molecule has 0 aliphatic heterocycles. The summed E-state index contributed by atoms with van der Waals surface area (Å²) in [5.41, 5.74) is 3.60. The number of nitrogens with one attached hydrogen (secondary N) is 1. The van der Waals surface area contributed by atoms with Gasteiger partial charge in [0.15, 0.2) is 0 Å². The minimum atomic E-state index is 0.134. The topological polar surface area (TPSA) is 50.1 Å². The van der Waals surface area contributed by atoms with E-state index < -0.39 is 0 Å². The zero-order valence-electron chi connectivity index (χ0n) is 11.7. The third kappa shape index (κ3) is 3.54. The molecule has 0 bridgehead atoms. The number of aryl methyl sites for hydroxylation is 1. The maximum atomic E-state index is 8.97. The van der Waals surface area contributed by atoms with Gasteiger partial charge in [0, 0.05) is 23.3 Å². The van der Waals surface area contributed by atoms with Crippen molar-refractivity contribution in [2.45, 2.75) is 59.7 Å². The molecule has 2 N–H and O–H groups in total. The van der Waals surface area contributed by atoms with Gasteiger partial charge in [-0.2, -0.15) is 5.10 Å². The van der Waals surface area contributed by atoms with Crippen molar-refractivity contribution in [3.8, 4) is 0 Å². The lowest BCUT2D eigenvalue weighted by Crippen LogP contribution is -2.38. The van der Waals surface area contributed by atoms with Gasteiger partial charge < -0.3 is 10.4 Å².